The van der Waals surface area contributed by atoms with E-state index in [1.165, 1.54) is 11.3 Å². The minimum absolute atomic E-state index is 0.152. The van der Waals surface area contributed by atoms with Crippen molar-refractivity contribution < 1.29 is 14.3 Å². The van der Waals surface area contributed by atoms with Gasteiger partial charge in [0.15, 0.2) is 5.76 Å². The molecule has 5 heteroatoms. The highest BCUT2D eigenvalue weighted by atomic mass is 32.1. The zero-order valence-electron chi connectivity index (χ0n) is 11.4. The van der Waals surface area contributed by atoms with Crippen LogP contribution in [0.4, 0.5) is 0 Å². The third kappa shape index (κ3) is 2.87. The quantitative estimate of drug-likeness (QED) is 0.790. The van der Waals surface area contributed by atoms with Crippen molar-refractivity contribution in [3.8, 4) is 22.8 Å². The number of carbonyl (C=O) groups is 1. The first-order chi connectivity index (χ1) is 10.1. The molecule has 0 fully saturated rings. The number of hydrogen-bond donors (Lipinski definition) is 1. The predicted octanol–water partition coefficient (Wildman–Crippen LogP) is 4.01. The number of rotatable bonds is 4. The van der Waals surface area contributed by atoms with Crippen LogP contribution in [0.2, 0.25) is 0 Å². The molecule has 0 radical (unpaired) electrons. The van der Waals surface area contributed by atoms with Crippen LogP contribution in [0, 0.1) is 6.92 Å². The standard InChI is InChI=1S/C16H13NO3S/c1-10-2-4-11(5-3-10)16-17-13(8-14(18)19)15(20-16)12-6-7-21-9-12/h2-7,9H,8H2,1H3,(H,18,19). The van der Waals surface area contributed by atoms with Crippen LogP contribution < -0.4 is 0 Å². The Morgan fingerprint density at radius 3 is 2.62 bits per heavy atom. The average molecular weight is 299 g/mol. The van der Waals surface area contributed by atoms with E-state index in [2.05, 4.69) is 4.98 Å². The Bertz CT molecular complexity index is 757. The fourth-order valence-electron chi connectivity index (χ4n) is 2.05. The molecule has 0 bridgehead atoms. The first-order valence-corrected chi connectivity index (χ1v) is 7.39. The number of nitrogens with zero attached hydrogens (tertiary/aromatic N) is 1. The molecule has 106 valence electrons. The molecule has 0 aliphatic heterocycles. The summed E-state index contributed by atoms with van der Waals surface area (Å²) in [5.74, 6) is 0.0666. The molecule has 0 aliphatic carbocycles. The smallest absolute Gasteiger partial charge is 0.309 e. The molecular weight excluding hydrogens is 286 g/mol. The maximum Gasteiger partial charge on any atom is 0.309 e. The molecule has 0 amide bonds. The monoisotopic (exact) mass is 299 g/mol. The van der Waals surface area contributed by atoms with Crippen molar-refractivity contribution in [3.63, 3.8) is 0 Å². The highest BCUT2D eigenvalue weighted by Crippen LogP contribution is 2.31. The first kappa shape index (κ1) is 13.6. The predicted molar refractivity (Wildman–Crippen MR) is 81.3 cm³/mol. The van der Waals surface area contributed by atoms with Crippen molar-refractivity contribution in [2.75, 3.05) is 0 Å². The maximum atomic E-state index is 11.0. The first-order valence-electron chi connectivity index (χ1n) is 6.44. The lowest BCUT2D eigenvalue weighted by Crippen LogP contribution is -2.01. The van der Waals surface area contributed by atoms with Gasteiger partial charge in [0.05, 0.1) is 12.1 Å². The summed E-state index contributed by atoms with van der Waals surface area (Å²) in [5, 5.41) is 12.9. The lowest BCUT2D eigenvalue weighted by atomic mass is 10.1. The molecule has 2 aromatic heterocycles. The lowest BCUT2D eigenvalue weighted by molar-refractivity contribution is -0.136. The zero-order valence-corrected chi connectivity index (χ0v) is 12.2. The van der Waals surface area contributed by atoms with Crippen molar-refractivity contribution in [3.05, 3.63) is 52.3 Å². The van der Waals surface area contributed by atoms with Gasteiger partial charge in [0.2, 0.25) is 5.89 Å². The van der Waals surface area contributed by atoms with Crippen molar-refractivity contribution in [1.29, 1.82) is 0 Å². The fourth-order valence-corrected chi connectivity index (χ4v) is 2.69. The Hall–Kier alpha value is -2.40. The van der Waals surface area contributed by atoms with Gasteiger partial charge in [0.1, 0.15) is 0 Å². The average Bonchev–Trinajstić information content (AvgIpc) is 3.08. The summed E-state index contributed by atoms with van der Waals surface area (Å²) in [5.41, 5.74) is 3.31. The van der Waals surface area contributed by atoms with E-state index in [1.807, 2.05) is 48.0 Å². The summed E-state index contributed by atoms with van der Waals surface area (Å²) >= 11 is 1.53. The van der Waals surface area contributed by atoms with Gasteiger partial charge in [-0.3, -0.25) is 4.79 Å². The molecule has 1 N–H and O–H groups in total. The molecule has 3 rings (SSSR count). The minimum Gasteiger partial charge on any atom is -0.481 e. The van der Waals surface area contributed by atoms with E-state index in [-0.39, 0.29) is 6.42 Å². The SMILES string of the molecule is Cc1ccc(-c2nc(CC(=O)O)c(-c3ccsc3)o2)cc1. The molecule has 2 heterocycles. The molecule has 0 atom stereocenters. The number of hydrogen-bond acceptors (Lipinski definition) is 4. The molecule has 21 heavy (non-hydrogen) atoms. The molecule has 0 spiro atoms. The van der Waals surface area contributed by atoms with Crippen molar-refractivity contribution in [2.24, 2.45) is 0 Å². The number of aryl methyl sites for hydroxylation is 1. The largest absolute Gasteiger partial charge is 0.481 e. The van der Waals surface area contributed by atoms with Gasteiger partial charge in [-0.2, -0.15) is 11.3 Å². The molecule has 3 aromatic rings. The van der Waals surface area contributed by atoms with Crippen LogP contribution in [-0.4, -0.2) is 16.1 Å². The van der Waals surface area contributed by atoms with Gasteiger partial charge in [-0.1, -0.05) is 17.7 Å². The highest BCUT2D eigenvalue weighted by Gasteiger charge is 2.18. The van der Waals surface area contributed by atoms with Crippen molar-refractivity contribution >= 4 is 17.3 Å². The fraction of sp³-hybridized carbons (Fsp3) is 0.125. The minimum atomic E-state index is -0.921. The van der Waals surface area contributed by atoms with Gasteiger partial charge in [-0.15, -0.1) is 0 Å². The van der Waals surface area contributed by atoms with Gasteiger partial charge < -0.3 is 9.52 Å². The topological polar surface area (TPSA) is 63.3 Å². The zero-order chi connectivity index (χ0) is 14.8. The second-order valence-corrected chi connectivity index (χ2v) is 5.52. The van der Waals surface area contributed by atoms with E-state index in [4.69, 9.17) is 9.52 Å². The Kier molecular flexibility index (Phi) is 3.58. The lowest BCUT2D eigenvalue weighted by Gasteiger charge is -1.96. The van der Waals surface area contributed by atoms with E-state index in [9.17, 15) is 4.79 Å². The molecule has 0 unspecified atom stereocenters. The van der Waals surface area contributed by atoms with Crippen LogP contribution in [0.3, 0.4) is 0 Å². The summed E-state index contributed by atoms with van der Waals surface area (Å²) in [6, 6.07) is 9.68. The van der Waals surface area contributed by atoms with Crippen molar-refractivity contribution in [1.82, 2.24) is 4.98 Å². The number of carboxylic acids is 1. The summed E-state index contributed by atoms with van der Waals surface area (Å²) in [7, 11) is 0. The van der Waals surface area contributed by atoms with E-state index >= 15 is 0 Å². The second kappa shape index (κ2) is 5.54. The summed E-state index contributed by atoms with van der Waals surface area (Å²) in [6.45, 7) is 2.01. The number of benzene rings is 1. The summed E-state index contributed by atoms with van der Waals surface area (Å²) in [6.07, 6.45) is -0.152. The number of aromatic nitrogens is 1. The normalized spacial score (nSPS) is 10.7. The Morgan fingerprint density at radius 2 is 2.00 bits per heavy atom. The maximum absolute atomic E-state index is 11.0. The Labute approximate surface area is 125 Å². The molecule has 0 aliphatic rings. The van der Waals surface area contributed by atoms with Crippen LogP contribution in [0.1, 0.15) is 11.3 Å². The van der Waals surface area contributed by atoms with Gasteiger partial charge >= 0.3 is 5.97 Å². The number of carboxylic acid groups (broad SMARTS) is 1. The van der Waals surface area contributed by atoms with Crippen LogP contribution in [0.15, 0.2) is 45.5 Å². The molecular formula is C16H13NO3S. The highest BCUT2D eigenvalue weighted by molar-refractivity contribution is 7.08. The summed E-state index contributed by atoms with van der Waals surface area (Å²) in [4.78, 5) is 15.4. The van der Waals surface area contributed by atoms with Crippen LogP contribution in [0.5, 0.6) is 0 Å². The van der Waals surface area contributed by atoms with Crippen LogP contribution in [0.25, 0.3) is 22.8 Å². The van der Waals surface area contributed by atoms with Crippen LogP contribution >= 0.6 is 11.3 Å². The third-order valence-electron chi connectivity index (χ3n) is 3.10. The van der Waals surface area contributed by atoms with E-state index in [0.717, 1.165) is 16.7 Å². The molecule has 0 saturated carbocycles. The third-order valence-corrected chi connectivity index (χ3v) is 3.78. The molecule has 1 aromatic carbocycles. The van der Waals surface area contributed by atoms with E-state index in [1.54, 1.807) is 0 Å². The second-order valence-electron chi connectivity index (χ2n) is 4.74. The van der Waals surface area contributed by atoms with Gasteiger partial charge in [-0.25, -0.2) is 4.98 Å². The number of thiophene rings is 1. The van der Waals surface area contributed by atoms with E-state index < -0.39 is 5.97 Å². The molecule has 0 saturated heterocycles. The number of oxazole rings is 1. The van der Waals surface area contributed by atoms with Crippen molar-refractivity contribution in [2.45, 2.75) is 13.3 Å². The Balaban J connectivity index is 2.07. The van der Waals surface area contributed by atoms with Gasteiger partial charge in [0.25, 0.3) is 0 Å². The van der Waals surface area contributed by atoms with E-state index in [0.29, 0.717) is 17.3 Å². The van der Waals surface area contributed by atoms with Gasteiger partial charge in [0, 0.05) is 16.5 Å². The molecule has 4 nitrogen and oxygen atoms in total. The Morgan fingerprint density at radius 1 is 1.24 bits per heavy atom. The number of aliphatic carboxylic acids is 1. The van der Waals surface area contributed by atoms with Crippen LogP contribution in [-0.2, 0) is 11.2 Å². The summed E-state index contributed by atoms with van der Waals surface area (Å²) < 4.78 is 5.82. The van der Waals surface area contributed by atoms with Gasteiger partial charge in [-0.05, 0) is 30.5 Å².